The Morgan fingerprint density at radius 2 is 2.00 bits per heavy atom. The molecule has 0 aliphatic carbocycles. The first-order chi connectivity index (χ1) is 12.3. The summed E-state index contributed by atoms with van der Waals surface area (Å²) < 4.78 is 5.49. The van der Waals surface area contributed by atoms with Gasteiger partial charge in [0.2, 0.25) is 0 Å². The van der Waals surface area contributed by atoms with Crippen LogP contribution in [0.3, 0.4) is 0 Å². The Labute approximate surface area is 159 Å². The lowest BCUT2D eigenvalue weighted by molar-refractivity contribution is -0.384. The van der Waals surface area contributed by atoms with E-state index in [0.29, 0.717) is 22.0 Å². The predicted molar refractivity (Wildman–Crippen MR) is 100 cm³/mol. The summed E-state index contributed by atoms with van der Waals surface area (Å²) in [6.07, 6.45) is -0.865. The number of carbonyl (C=O) groups excluding carboxylic acids is 1. The molecule has 0 radical (unpaired) electrons. The maximum atomic E-state index is 12.1. The van der Waals surface area contributed by atoms with Gasteiger partial charge in [-0.2, -0.15) is 5.10 Å². The summed E-state index contributed by atoms with van der Waals surface area (Å²) in [4.78, 5) is 22.4. The van der Waals surface area contributed by atoms with Crippen LogP contribution in [-0.2, 0) is 4.79 Å². The molecule has 1 atom stereocenters. The maximum Gasteiger partial charge on any atom is 0.280 e. The van der Waals surface area contributed by atoms with Gasteiger partial charge in [0.05, 0.1) is 15.7 Å². The minimum Gasteiger partial charge on any atom is -0.479 e. The number of halogens is 2. The van der Waals surface area contributed by atoms with E-state index in [0.717, 1.165) is 0 Å². The van der Waals surface area contributed by atoms with Crippen LogP contribution in [0.1, 0.15) is 19.4 Å². The molecular weight excluding hydrogens is 381 g/mol. The number of rotatable bonds is 6. The van der Waals surface area contributed by atoms with Crippen molar-refractivity contribution in [3.05, 3.63) is 68.2 Å². The van der Waals surface area contributed by atoms with E-state index in [4.69, 9.17) is 27.9 Å². The number of nitro benzene ring substituents is 1. The van der Waals surface area contributed by atoms with Gasteiger partial charge in [0.15, 0.2) is 6.10 Å². The Morgan fingerprint density at radius 1 is 1.27 bits per heavy atom. The van der Waals surface area contributed by atoms with E-state index in [2.05, 4.69) is 10.5 Å². The number of hydrazone groups is 1. The van der Waals surface area contributed by atoms with Crippen molar-refractivity contribution in [2.75, 3.05) is 0 Å². The zero-order valence-electron chi connectivity index (χ0n) is 13.9. The van der Waals surface area contributed by atoms with E-state index in [1.54, 1.807) is 38.1 Å². The minimum atomic E-state index is -0.865. The van der Waals surface area contributed by atoms with Gasteiger partial charge in [-0.05, 0) is 32.0 Å². The first kappa shape index (κ1) is 19.7. The van der Waals surface area contributed by atoms with Gasteiger partial charge in [0.1, 0.15) is 5.75 Å². The highest BCUT2D eigenvalue weighted by Gasteiger charge is 2.16. The van der Waals surface area contributed by atoms with Gasteiger partial charge in [-0.3, -0.25) is 14.9 Å². The van der Waals surface area contributed by atoms with Gasteiger partial charge in [0.25, 0.3) is 11.6 Å². The number of amides is 1. The summed E-state index contributed by atoms with van der Waals surface area (Å²) in [5.41, 5.74) is 3.25. The molecule has 1 amide bonds. The molecule has 7 nitrogen and oxygen atoms in total. The van der Waals surface area contributed by atoms with E-state index in [-0.39, 0.29) is 10.7 Å². The number of benzene rings is 2. The molecule has 0 saturated carbocycles. The molecule has 26 heavy (non-hydrogen) atoms. The number of hydrogen-bond acceptors (Lipinski definition) is 5. The summed E-state index contributed by atoms with van der Waals surface area (Å²) >= 11 is 11.8. The molecule has 0 unspecified atom stereocenters. The highest BCUT2D eigenvalue weighted by molar-refractivity contribution is 6.35. The number of non-ortho nitro benzene ring substituents is 1. The first-order valence-electron chi connectivity index (χ1n) is 7.48. The molecule has 1 N–H and O–H groups in total. The Morgan fingerprint density at radius 3 is 2.65 bits per heavy atom. The van der Waals surface area contributed by atoms with Crippen molar-refractivity contribution in [3.63, 3.8) is 0 Å². The Hall–Kier alpha value is -2.64. The van der Waals surface area contributed by atoms with Gasteiger partial charge in [-0.15, -0.1) is 0 Å². The van der Waals surface area contributed by atoms with Crippen LogP contribution in [-0.4, -0.2) is 22.6 Å². The number of nitrogens with one attached hydrogen (secondary N) is 1. The maximum absolute atomic E-state index is 12.1. The number of nitro groups is 1. The van der Waals surface area contributed by atoms with Crippen molar-refractivity contribution < 1.29 is 14.5 Å². The number of carbonyl (C=O) groups is 1. The quantitative estimate of drug-likeness (QED) is 0.450. The molecule has 9 heteroatoms. The van der Waals surface area contributed by atoms with Crippen LogP contribution >= 0.6 is 23.2 Å². The van der Waals surface area contributed by atoms with Crippen molar-refractivity contribution >= 4 is 40.5 Å². The molecule has 2 aromatic rings. The average molecular weight is 396 g/mol. The lowest BCUT2D eigenvalue weighted by Crippen LogP contribution is -2.34. The topological polar surface area (TPSA) is 93.8 Å². The molecule has 0 aromatic heterocycles. The second-order valence-corrected chi connectivity index (χ2v) is 6.16. The van der Waals surface area contributed by atoms with Crippen LogP contribution in [0.15, 0.2) is 47.6 Å². The minimum absolute atomic E-state index is 0.0579. The molecule has 2 rings (SSSR count). The third-order valence-corrected chi connectivity index (χ3v) is 3.91. The summed E-state index contributed by atoms with van der Waals surface area (Å²) in [7, 11) is 0. The number of hydrogen-bond donors (Lipinski definition) is 1. The summed E-state index contributed by atoms with van der Waals surface area (Å²) in [6, 6.07) is 10.6. The highest BCUT2D eigenvalue weighted by Crippen LogP contribution is 2.28. The highest BCUT2D eigenvalue weighted by atomic mass is 35.5. The fourth-order valence-electron chi connectivity index (χ4n) is 1.95. The zero-order valence-corrected chi connectivity index (χ0v) is 15.4. The van der Waals surface area contributed by atoms with Crippen molar-refractivity contribution in [3.8, 4) is 5.75 Å². The third-order valence-electron chi connectivity index (χ3n) is 3.38. The molecule has 136 valence electrons. The molecule has 0 heterocycles. The van der Waals surface area contributed by atoms with Crippen LogP contribution in [0.5, 0.6) is 5.75 Å². The van der Waals surface area contributed by atoms with E-state index < -0.39 is 16.9 Å². The predicted octanol–water partition coefficient (Wildman–Crippen LogP) is 4.21. The third kappa shape index (κ3) is 5.18. The van der Waals surface area contributed by atoms with Crippen molar-refractivity contribution in [1.82, 2.24) is 5.43 Å². The van der Waals surface area contributed by atoms with E-state index in [9.17, 15) is 14.9 Å². The van der Waals surface area contributed by atoms with Crippen LogP contribution in [0.4, 0.5) is 5.69 Å². The van der Waals surface area contributed by atoms with Crippen LogP contribution < -0.4 is 10.2 Å². The monoisotopic (exact) mass is 395 g/mol. The summed E-state index contributed by atoms with van der Waals surface area (Å²) in [6.45, 7) is 3.17. The Bertz CT molecular complexity index is 871. The molecule has 0 saturated heterocycles. The lowest BCUT2D eigenvalue weighted by atomic mass is 10.1. The second-order valence-electron chi connectivity index (χ2n) is 5.32. The van der Waals surface area contributed by atoms with Crippen LogP contribution in [0.2, 0.25) is 10.0 Å². The van der Waals surface area contributed by atoms with Crippen LogP contribution in [0.25, 0.3) is 0 Å². The van der Waals surface area contributed by atoms with Crippen molar-refractivity contribution in [2.45, 2.75) is 20.0 Å². The van der Waals surface area contributed by atoms with Gasteiger partial charge in [0, 0.05) is 22.7 Å². The average Bonchev–Trinajstić information content (AvgIpc) is 2.61. The lowest BCUT2D eigenvalue weighted by Gasteiger charge is -2.14. The van der Waals surface area contributed by atoms with E-state index in [1.807, 2.05) is 0 Å². The van der Waals surface area contributed by atoms with E-state index in [1.165, 1.54) is 18.2 Å². The van der Waals surface area contributed by atoms with Crippen molar-refractivity contribution in [2.24, 2.45) is 5.10 Å². The first-order valence-corrected chi connectivity index (χ1v) is 8.24. The molecule has 0 fully saturated rings. The molecule has 0 spiro atoms. The number of nitrogens with zero attached hydrogens (tertiary/aromatic N) is 2. The Balaban J connectivity index is 2.03. The van der Waals surface area contributed by atoms with Gasteiger partial charge in [-0.25, -0.2) is 5.43 Å². The second kappa shape index (κ2) is 8.64. The molecule has 0 bridgehead atoms. The fraction of sp³-hybridized carbons (Fsp3) is 0.176. The summed E-state index contributed by atoms with van der Waals surface area (Å²) in [5, 5.41) is 15.5. The van der Waals surface area contributed by atoms with Crippen LogP contribution in [0, 0.1) is 10.1 Å². The Kier molecular flexibility index (Phi) is 6.54. The van der Waals surface area contributed by atoms with E-state index >= 15 is 0 Å². The largest absolute Gasteiger partial charge is 0.479 e. The smallest absolute Gasteiger partial charge is 0.280 e. The molecular formula is C17H15Cl2N3O4. The SMILES string of the molecule is C/C(=N/NC(=O)[C@H](C)Oc1ccc(Cl)cc1Cl)c1cccc([N+](=O)[O-])c1. The number of ether oxygens (including phenoxy) is 1. The summed E-state index contributed by atoms with van der Waals surface area (Å²) in [5.74, 6) is -0.182. The molecule has 0 aliphatic rings. The van der Waals surface area contributed by atoms with Gasteiger partial charge >= 0.3 is 0 Å². The van der Waals surface area contributed by atoms with Gasteiger partial charge < -0.3 is 4.74 Å². The standard InChI is InChI=1S/C17H15Cl2N3O4/c1-10(12-4-3-5-14(8-12)22(24)25)20-21-17(23)11(2)26-16-7-6-13(18)9-15(16)19/h3-9,11H,1-2H3,(H,21,23)/b20-10-/t11-/m0/s1. The normalized spacial score (nSPS) is 12.4. The van der Waals surface area contributed by atoms with Crippen molar-refractivity contribution in [1.29, 1.82) is 0 Å². The molecule has 0 aliphatic heterocycles. The zero-order chi connectivity index (χ0) is 19.3. The van der Waals surface area contributed by atoms with Gasteiger partial charge in [-0.1, -0.05) is 35.3 Å². The molecule has 2 aromatic carbocycles. The fourth-order valence-corrected chi connectivity index (χ4v) is 2.41.